The van der Waals surface area contributed by atoms with Crippen LogP contribution in [0.3, 0.4) is 0 Å². The highest BCUT2D eigenvalue weighted by Gasteiger charge is 2.21. The smallest absolute Gasteiger partial charge is 0.256 e. The highest BCUT2D eigenvalue weighted by Crippen LogP contribution is 2.23. The van der Waals surface area contributed by atoms with Crippen LogP contribution in [-0.4, -0.2) is 11.2 Å². The Balaban J connectivity index is 2.09. The average Bonchev–Trinajstić information content (AvgIpc) is 2.18. The molecule has 0 aromatic heterocycles. The molecular formula is C10H16N2OS. The highest BCUT2D eigenvalue weighted by molar-refractivity contribution is 7.86. The van der Waals surface area contributed by atoms with Crippen molar-refractivity contribution in [1.29, 1.82) is 0 Å². The van der Waals surface area contributed by atoms with E-state index in [1.165, 1.54) is 32.1 Å². The van der Waals surface area contributed by atoms with E-state index in [4.69, 9.17) is 0 Å². The Bertz CT molecular complexity index is 303. The van der Waals surface area contributed by atoms with E-state index >= 15 is 0 Å². The Morgan fingerprint density at radius 3 is 2.79 bits per heavy atom. The zero-order valence-corrected chi connectivity index (χ0v) is 9.27. The van der Waals surface area contributed by atoms with Gasteiger partial charge in [-0.2, -0.15) is 0 Å². The van der Waals surface area contributed by atoms with E-state index in [2.05, 4.69) is 9.08 Å². The second kappa shape index (κ2) is 4.26. The lowest BCUT2D eigenvalue weighted by Crippen LogP contribution is -2.35. The van der Waals surface area contributed by atoms with Crippen LogP contribution < -0.4 is 4.72 Å². The van der Waals surface area contributed by atoms with Gasteiger partial charge in [0, 0.05) is 22.2 Å². The molecule has 1 fully saturated rings. The van der Waals surface area contributed by atoms with Gasteiger partial charge >= 0.3 is 0 Å². The van der Waals surface area contributed by atoms with Crippen LogP contribution in [0.15, 0.2) is 16.1 Å². The third kappa shape index (κ3) is 2.23. The van der Waals surface area contributed by atoms with Crippen LogP contribution in [0.4, 0.5) is 0 Å². The molecule has 0 radical (unpaired) electrons. The van der Waals surface area contributed by atoms with Crippen LogP contribution >= 0.6 is 0 Å². The number of carbonyl (C=O) groups excluding carboxylic acids is 1. The van der Waals surface area contributed by atoms with Crippen LogP contribution in [0.1, 0.15) is 39.0 Å². The van der Waals surface area contributed by atoms with Gasteiger partial charge in [0.25, 0.3) is 5.91 Å². The Morgan fingerprint density at radius 1 is 1.43 bits per heavy atom. The summed E-state index contributed by atoms with van der Waals surface area (Å²) in [6.45, 7) is 1.90. The van der Waals surface area contributed by atoms with Crippen molar-refractivity contribution in [1.82, 2.24) is 4.72 Å². The normalized spacial score (nSPS) is 29.1. The van der Waals surface area contributed by atoms with Crippen molar-refractivity contribution >= 4 is 16.8 Å². The van der Waals surface area contributed by atoms with Crippen molar-refractivity contribution < 1.29 is 4.79 Å². The first-order chi connectivity index (χ1) is 6.75. The van der Waals surface area contributed by atoms with E-state index in [0.717, 1.165) is 5.70 Å². The molecule has 2 rings (SSSR count). The maximum atomic E-state index is 11.3. The lowest BCUT2D eigenvalue weighted by atomic mass is 10.0. The summed E-state index contributed by atoms with van der Waals surface area (Å²) in [6, 6.07) is 0. The van der Waals surface area contributed by atoms with Crippen molar-refractivity contribution in [3.05, 3.63) is 11.8 Å². The zero-order valence-electron chi connectivity index (χ0n) is 8.45. The molecule has 1 aliphatic heterocycles. The van der Waals surface area contributed by atoms with Crippen LogP contribution in [-0.2, 0) is 15.7 Å². The minimum atomic E-state index is -0.234. The first-order valence-corrected chi connectivity index (χ1v) is 6.44. The monoisotopic (exact) mass is 212 g/mol. The minimum Gasteiger partial charge on any atom is -0.288 e. The first kappa shape index (κ1) is 9.90. The lowest BCUT2D eigenvalue weighted by molar-refractivity contribution is -0.114. The fourth-order valence-corrected chi connectivity index (χ4v) is 3.74. The Hall–Kier alpha value is -0.640. The van der Waals surface area contributed by atoms with E-state index in [1.54, 1.807) is 6.08 Å². The van der Waals surface area contributed by atoms with Gasteiger partial charge in [-0.15, -0.1) is 0 Å². The van der Waals surface area contributed by atoms with Gasteiger partial charge in [0.2, 0.25) is 0 Å². The molecule has 2 aliphatic rings. The molecule has 0 aromatic carbocycles. The molecule has 4 heteroatoms. The topological polar surface area (TPSA) is 41.5 Å². The molecule has 3 nitrogen and oxygen atoms in total. The Kier molecular flexibility index (Phi) is 3.01. The summed E-state index contributed by atoms with van der Waals surface area (Å²) in [7, 11) is -0.234. The molecule has 78 valence electrons. The summed E-state index contributed by atoms with van der Waals surface area (Å²) in [5.74, 6) is 0.0337. The second-order valence-corrected chi connectivity index (χ2v) is 5.60. The van der Waals surface area contributed by atoms with Crippen LogP contribution in [0, 0.1) is 0 Å². The molecular weight excluding hydrogens is 196 g/mol. The number of amides is 1. The van der Waals surface area contributed by atoms with Gasteiger partial charge in [-0.25, -0.2) is 4.36 Å². The first-order valence-electron chi connectivity index (χ1n) is 5.19. The number of hydrogen-bond donors (Lipinski definition) is 1. The largest absolute Gasteiger partial charge is 0.288 e. The number of rotatable bonds is 1. The maximum Gasteiger partial charge on any atom is 0.256 e. The molecule has 1 unspecified atom stereocenters. The molecule has 14 heavy (non-hydrogen) atoms. The van der Waals surface area contributed by atoms with Crippen molar-refractivity contribution in [3.8, 4) is 0 Å². The van der Waals surface area contributed by atoms with E-state index < -0.39 is 0 Å². The lowest BCUT2D eigenvalue weighted by Gasteiger charge is -2.25. The molecule has 0 bridgehead atoms. The molecule has 1 saturated carbocycles. The summed E-state index contributed by atoms with van der Waals surface area (Å²) in [6.07, 6.45) is 7.95. The van der Waals surface area contributed by atoms with Crippen LogP contribution in [0.5, 0.6) is 0 Å². The van der Waals surface area contributed by atoms with E-state index in [0.29, 0.717) is 5.25 Å². The summed E-state index contributed by atoms with van der Waals surface area (Å²) in [5, 5.41) is 0.594. The molecule has 0 saturated heterocycles. The zero-order chi connectivity index (χ0) is 9.97. The Labute approximate surface area is 87.2 Å². The summed E-state index contributed by atoms with van der Waals surface area (Å²) in [4.78, 5) is 11.3. The van der Waals surface area contributed by atoms with Gasteiger partial charge in [0.15, 0.2) is 0 Å². The summed E-state index contributed by atoms with van der Waals surface area (Å²) < 4.78 is 7.48. The molecule has 1 atom stereocenters. The number of allylic oxidation sites excluding steroid dienone is 1. The van der Waals surface area contributed by atoms with E-state index in [9.17, 15) is 4.79 Å². The predicted molar refractivity (Wildman–Crippen MR) is 58.6 cm³/mol. The molecule has 1 aliphatic carbocycles. The van der Waals surface area contributed by atoms with Gasteiger partial charge in [0.05, 0.1) is 5.70 Å². The SMILES string of the molecule is CC1=CC(=O)NS(C2CCCCC2)=N1. The molecule has 0 aromatic rings. The van der Waals surface area contributed by atoms with Crippen LogP contribution in [0.2, 0.25) is 0 Å². The highest BCUT2D eigenvalue weighted by atomic mass is 32.2. The van der Waals surface area contributed by atoms with Gasteiger partial charge in [-0.3, -0.25) is 9.52 Å². The van der Waals surface area contributed by atoms with E-state index in [1.807, 2.05) is 6.92 Å². The van der Waals surface area contributed by atoms with Crippen molar-refractivity contribution in [2.75, 3.05) is 0 Å². The van der Waals surface area contributed by atoms with Crippen molar-refractivity contribution in [2.45, 2.75) is 44.3 Å². The number of nitrogens with one attached hydrogen (secondary N) is 1. The third-order valence-electron chi connectivity index (χ3n) is 2.66. The standard InChI is InChI=1S/C10H16N2OS/c1-8-7-10(13)12-14(11-8)9-5-3-2-4-6-9/h7,9H,2-6H2,1H3,(H,11,12,13). The fraction of sp³-hybridized carbons (Fsp3) is 0.700. The number of carbonyl (C=O) groups is 1. The molecule has 1 amide bonds. The Morgan fingerprint density at radius 2 is 2.14 bits per heavy atom. The minimum absolute atomic E-state index is 0.0337. The van der Waals surface area contributed by atoms with Crippen molar-refractivity contribution in [3.63, 3.8) is 0 Å². The average molecular weight is 212 g/mol. The molecule has 1 N–H and O–H groups in total. The van der Waals surface area contributed by atoms with Gasteiger partial charge < -0.3 is 0 Å². The van der Waals surface area contributed by atoms with Crippen molar-refractivity contribution in [2.24, 2.45) is 4.36 Å². The number of hydrogen-bond acceptors (Lipinski definition) is 2. The predicted octanol–water partition coefficient (Wildman–Crippen LogP) is 2.07. The van der Waals surface area contributed by atoms with Gasteiger partial charge in [0.1, 0.15) is 0 Å². The van der Waals surface area contributed by atoms with Gasteiger partial charge in [-0.05, 0) is 19.8 Å². The summed E-state index contributed by atoms with van der Waals surface area (Å²) in [5.41, 5.74) is 0.877. The van der Waals surface area contributed by atoms with E-state index in [-0.39, 0.29) is 16.8 Å². The second-order valence-electron chi connectivity index (χ2n) is 3.92. The number of nitrogens with zero attached hydrogens (tertiary/aromatic N) is 1. The summed E-state index contributed by atoms with van der Waals surface area (Å²) >= 11 is 0. The fourth-order valence-electron chi connectivity index (χ4n) is 1.97. The van der Waals surface area contributed by atoms with Crippen LogP contribution in [0.25, 0.3) is 0 Å². The maximum absolute atomic E-state index is 11.3. The van der Waals surface area contributed by atoms with Gasteiger partial charge in [-0.1, -0.05) is 19.3 Å². The molecule has 0 spiro atoms. The molecule has 1 heterocycles. The third-order valence-corrected chi connectivity index (χ3v) is 4.65. The quantitative estimate of drug-likeness (QED) is 0.710.